The Morgan fingerprint density at radius 2 is 2.12 bits per heavy atom. The van der Waals surface area contributed by atoms with Crippen molar-refractivity contribution in [1.82, 2.24) is 4.90 Å². The number of nitrogens with zero attached hydrogens (tertiary/aromatic N) is 2. The zero-order valence-corrected chi connectivity index (χ0v) is 14.3. The van der Waals surface area contributed by atoms with Gasteiger partial charge in [0, 0.05) is 18.5 Å². The van der Waals surface area contributed by atoms with Crippen LogP contribution in [0.15, 0.2) is 30.4 Å². The van der Waals surface area contributed by atoms with Gasteiger partial charge in [-0.1, -0.05) is 24.3 Å². The lowest BCUT2D eigenvalue weighted by Gasteiger charge is -2.44. The number of carbonyl (C=O) groups excluding carboxylic acids is 2. The van der Waals surface area contributed by atoms with Crippen LogP contribution in [0.5, 0.6) is 5.75 Å². The summed E-state index contributed by atoms with van der Waals surface area (Å²) in [7, 11) is 0. The standard InChI is InChI=1S/C20H20N2O4/c23-15-4-1-3-12-14(21-8-2-5-17(21)24)10-16-20-7-6-11(26-20)9-13(20)19(25)22(16)18(12)15/h1,3-4,6-7,11,13-14,16,23H,2,5,8-10H2/t11-,13+,14+,16+,20+/m1/s1. The van der Waals surface area contributed by atoms with E-state index in [0.29, 0.717) is 24.9 Å². The van der Waals surface area contributed by atoms with Crippen molar-refractivity contribution in [3.8, 4) is 5.75 Å². The van der Waals surface area contributed by atoms with Crippen LogP contribution in [0.2, 0.25) is 0 Å². The number of hydrogen-bond donors (Lipinski definition) is 1. The molecular formula is C20H20N2O4. The molecule has 6 rings (SSSR count). The maximum atomic E-state index is 13.2. The van der Waals surface area contributed by atoms with Crippen molar-refractivity contribution in [2.24, 2.45) is 5.92 Å². The number of benzene rings is 1. The predicted octanol–water partition coefficient (Wildman–Crippen LogP) is 1.89. The van der Waals surface area contributed by atoms with Gasteiger partial charge in [0.2, 0.25) is 11.8 Å². The molecule has 1 aromatic rings. The van der Waals surface area contributed by atoms with E-state index in [0.717, 1.165) is 18.5 Å². The van der Waals surface area contributed by atoms with E-state index in [9.17, 15) is 14.7 Å². The predicted molar refractivity (Wildman–Crippen MR) is 92.5 cm³/mol. The van der Waals surface area contributed by atoms with Gasteiger partial charge >= 0.3 is 0 Å². The van der Waals surface area contributed by atoms with E-state index in [4.69, 9.17) is 4.74 Å². The fourth-order valence-corrected chi connectivity index (χ4v) is 5.85. The van der Waals surface area contributed by atoms with Crippen molar-refractivity contribution < 1.29 is 19.4 Å². The highest BCUT2D eigenvalue weighted by Gasteiger charge is 2.67. The molecule has 0 radical (unpaired) electrons. The summed E-state index contributed by atoms with van der Waals surface area (Å²) in [5.74, 6) is 0.106. The monoisotopic (exact) mass is 352 g/mol. The third-order valence-corrected chi connectivity index (χ3v) is 6.89. The van der Waals surface area contributed by atoms with Crippen LogP contribution < -0.4 is 4.90 Å². The molecule has 6 heteroatoms. The Bertz CT molecular complexity index is 881. The molecular weight excluding hydrogens is 332 g/mol. The number of likely N-dealkylation sites (tertiary alicyclic amines) is 1. The van der Waals surface area contributed by atoms with E-state index in [1.165, 1.54) is 0 Å². The van der Waals surface area contributed by atoms with Gasteiger partial charge in [0.1, 0.15) is 11.4 Å². The first kappa shape index (κ1) is 14.8. The van der Waals surface area contributed by atoms with Crippen LogP contribution in [0, 0.1) is 5.92 Å². The van der Waals surface area contributed by atoms with E-state index < -0.39 is 5.60 Å². The highest BCUT2D eigenvalue weighted by Crippen LogP contribution is 2.59. The first-order valence-electron chi connectivity index (χ1n) is 9.42. The lowest BCUT2D eigenvalue weighted by atomic mass is 9.77. The number of aromatic hydroxyl groups is 1. The highest BCUT2D eigenvalue weighted by molar-refractivity contribution is 6.03. The van der Waals surface area contributed by atoms with Gasteiger partial charge < -0.3 is 19.6 Å². The molecule has 3 saturated heterocycles. The van der Waals surface area contributed by atoms with Crippen molar-refractivity contribution in [3.63, 3.8) is 0 Å². The number of amides is 2. The van der Waals surface area contributed by atoms with Crippen LogP contribution in [0.3, 0.4) is 0 Å². The molecule has 5 heterocycles. The normalized spacial score (nSPS) is 39.5. The quantitative estimate of drug-likeness (QED) is 0.784. The van der Waals surface area contributed by atoms with Crippen LogP contribution in [0.25, 0.3) is 0 Å². The zero-order chi connectivity index (χ0) is 17.6. The number of anilines is 1. The first-order chi connectivity index (χ1) is 12.6. The number of para-hydroxylation sites is 1. The second kappa shape index (κ2) is 4.68. The van der Waals surface area contributed by atoms with E-state index in [2.05, 4.69) is 12.2 Å². The minimum absolute atomic E-state index is 0.0173. The summed E-state index contributed by atoms with van der Waals surface area (Å²) in [6.07, 6.45) is 6.93. The van der Waals surface area contributed by atoms with Gasteiger partial charge in [-0.25, -0.2) is 0 Å². The summed E-state index contributed by atoms with van der Waals surface area (Å²) < 4.78 is 6.26. The van der Waals surface area contributed by atoms with E-state index in [1.807, 2.05) is 11.0 Å². The fraction of sp³-hybridized carbons (Fsp3) is 0.500. The second-order valence-corrected chi connectivity index (χ2v) is 8.04. The molecule has 0 aliphatic carbocycles. The van der Waals surface area contributed by atoms with Crippen molar-refractivity contribution in [2.75, 3.05) is 11.4 Å². The molecule has 5 aliphatic rings. The summed E-state index contributed by atoms with van der Waals surface area (Å²) in [6, 6.07) is 5.06. The SMILES string of the molecule is O=C1CCCN1[C@H]1C[C@@H]2N(C(=O)[C@@H]3C[C@H]4C=C[C@@]23O4)c2c(O)cccc21. The van der Waals surface area contributed by atoms with E-state index in [-0.39, 0.29) is 41.7 Å². The summed E-state index contributed by atoms with van der Waals surface area (Å²) in [4.78, 5) is 29.4. The molecule has 5 atom stereocenters. The number of phenolic OH excluding ortho intramolecular Hbond substituents is 1. The van der Waals surface area contributed by atoms with Crippen molar-refractivity contribution in [3.05, 3.63) is 35.9 Å². The smallest absolute Gasteiger partial charge is 0.234 e. The number of ether oxygens (including phenoxy) is 1. The molecule has 2 amide bonds. The Morgan fingerprint density at radius 3 is 2.88 bits per heavy atom. The van der Waals surface area contributed by atoms with Crippen LogP contribution in [0.4, 0.5) is 5.69 Å². The Labute approximate surface area is 151 Å². The average molecular weight is 352 g/mol. The Kier molecular flexibility index (Phi) is 2.66. The van der Waals surface area contributed by atoms with Crippen LogP contribution >= 0.6 is 0 Å². The fourth-order valence-electron chi connectivity index (χ4n) is 5.85. The van der Waals surface area contributed by atoms with Crippen LogP contribution in [-0.4, -0.2) is 46.1 Å². The molecule has 1 N–H and O–H groups in total. The van der Waals surface area contributed by atoms with Crippen molar-refractivity contribution in [1.29, 1.82) is 0 Å². The zero-order valence-electron chi connectivity index (χ0n) is 14.3. The first-order valence-corrected chi connectivity index (χ1v) is 9.42. The number of phenols is 1. The molecule has 1 spiro atoms. The van der Waals surface area contributed by atoms with Gasteiger partial charge in [0.05, 0.1) is 29.8 Å². The third kappa shape index (κ3) is 1.57. The second-order valence-electron chi connectivity index (χ2n) is 8.04. The average Bonchev–Trinajstić information content (AvgIpc) is 3.38. The molecule has 0 saturated carbocycles. The topological polar surface area (TPSA) is 70.1 Å². The number of rotatable bonds is 1. The van der Waals surface area contributed by atoms with Crippen molar-refractivity contribution >= 4 is 17.5 Å². The largest absolute Gasteiger partial charge is 0.506 e. The number of fused-ring (bicyclic) bond motifs is 4. The molecule has 1 aromatic carbocycles. The maximum Gasteiger partial charge on any atom is 0.234 e. The molecule has 0 unspecified atom stereocenters. The molecule has 6 nitrogen and oxygen atoms in total. The van der Waals surface area contributed by atoms with Gasteiger partial charge in [-0.05, 0) is 25.3 Å². The maximum absolute atomic E-state index is 13.2. The van der Waals surface area contributed by atoms with Crippen molar-refractivity contribution in [2.45, 2.75) is 49.5 Å². The molecule has 2 bridgehead atoms. The Hall–Kier alpha value is -2.34. The van der Waals surface area contributed by atoms with Crippen LogP contribution in [0.1, 0.15) is 37.3 Å². The van der Waals surface area contributed by atoms with Gasteiger partial charge in [-0.3, -0.25) is 9.59 Å². The molecule has 0 aromatic heterocycles. The summed E-state index contributed by atoms with van der Waals surface area (Å²) in [5.41, 5.74) is 0.838. The third-order valence-electron chi connectivity index (χ3n) is 6.89. The van der Waals surface area contributed by atoms with Gasteiger partial charge in [-0.15, -0.1) is 0 Å². The van der Waals surface area contributed by atoms with Gasteiger partial charge in [0.15, 0.2) is 0 Å². The molecule has 3 fully saturated rings. The Morgan fingerprint density at radius 1 is 1.23 bits per heavy atom. The summed E-state index contributed by atoms with van der Waals surface area (Å²) >= 11 is 0. The van der Waals surface area contributed by atoms with E-state index in [1.54, 1.807) is 17.0 Å². The summed E-state index contributed by atoms with van der Waals surface area (Å²) in [5, 5.41) is 10.6. The summed E-state index contributed by atoms with van der Waals surface area (Å²) in [6.45, 7) is 0.731. The minimum Gasteiger partial charge on any atom is -0.506 e. The minimum atomic E-state index is -0.608. The molecule has 5 aliphatic heterocycles. The lowest BCUT2D eigenvalue weighted by Crippen LogP contribution is -2.50. The Balaban J connectivity index is 1.54. The highest BCUT2D eigenvalue weighted by atomic mass is 16.5. The van der Waals surface area contributed by atoms with Gasteiger partial charge in [-0.2, -0.15) is 0 Å². The number of hydrogen-bond acceptors (Lipinski definition) is 4. The van der Waals surface area contributed by atoms with E-state index >= 15 is 0 Å². The number of carbonyl (C=O) groups is 2. The van der Waals surface area contributed by atoms with Gasteiger partial charge in [0.25, 0.3) is 0 Å². The molecule has 26 heavy (non-hydrogen) atoms. The lowest BCUT2D eigenvalue weighted by molar-refractivity contribution is -0.130. The molecule has 134 valence electrons. The van der Waals surface area contributed by atoms with Crippen LogP contribution in [-0.2, 0) is 14.3 Å².